The molecule has 1 N–H and O–H groups in total. The molecule has 0 unspecified atom stereocenters. The summed E-state index contributed by atoms with van der Waals surface area (Å²) in [6.07, 6.45) is 7.00. The third-order valence-corrected chi connectivity index (χ3v) is 4.89. The molecule has 0 saturated heterocycles. The minimum atomic E-state index is -0.189. The van der Waals surface area contributed by atoms with Crippen molar-refractivity contribution in [3.63, 3.8) is 0 Å². The highest BCUT2D eigenvalue weighted by Gasteiger charge is 2.11. The van der Waals surface area contributed by atoms with Crippen molar-refractivity contribution in [1.82, 2.24) is 14.5 Å². The summed E-state index contributed by atoms with van der Waals surface area (Å²) < 4.78 is 1.67. The van der Waals surface area contributed by atoms with Gasteiger partial charge >= 0.3 is 0 Å². The number of nitrogens with zero attached hydrogens (tertiary/aromatic N) is 4. The van der Waals surface area contributed by atoms with E-state index in [0.29, 0.717) is 23.3 Å². The van der Waals surface area contributed by atoms with Crippen molar-refractivity contribution in [2.45, 2.75) is 6.54 Å². The predicted octanol–water partition coefficient (Wildman–Crippen LogP) is 3.78. The molecule has 0 fully saturated rings. The van der Waals surface area contributed by atoms with Crippen LogP contribution >= 0.6 is 0 Å². The van der Waals surface area contributed by atoms with Gasteiger partial charge in [0.25, 0.3) is 5.56 Å². The van der Waals surface area contributed by atoms with Crippen molar-refractivity contribution in [2.75, 3.05) is 19.0 Å². The lowest BCUT2D eigenvalue weighted by Crippen LogP contribution is -2.24. The Kier molecular flexibility index (Phi) is 5.30. The number of rotatable bonds is 5. The molecule has 0 spiro atoms. The number of hydrogen-bond acceptors (Lipinski definition) is 5. The van der Waals surface area contributed by atoms with Gasteiger partial charge in [0, 0.05) is 38.2 Å². The number of pyridine rings is 1. The average molecular weight is 398 g/mol. The van der Waals surface area contributed by atoms with E-state index >= 15 is 0 Å². The van der Waals surface area contributed by atoms with Crippen LogP contribution in [0.3, 0.4) is 0 Å². The number of aromatic hydroxyl groups is 1. The third-order valence-electron chi connectivity index (χ3n) is 4.89. The van der Waals surface area contributed by atoms with Crippen LogP contribution in [0.4, 0.5) is 5.69 Å². The van der Waals surface area contributed by atoms with Crippen LogP contribution in [0.5, 0.6) is 5.75 Å². The quantitative estimate of drug-likeness (QED) is 0.554. The fourth-order valence-electron chi connectivity index (χ4n) is 3.25. The standard InChI is InChI=1S/C24H22N4O2/c1-27(2)19-6-3-17(4-7-19)5-9-21-24(30)28(16-18-11-13-25-14-12-18)23-10-8-20(29)15-22(23)26-21/h3-15,29H,16H2,1-2H3/b9-5+. The molecule has 150 valence electrons. The van der Waals surface area contributed by atoms with Crippen molar-refractivity contribution < 1.29 is 5.11 Å². The normalized spacial score (nSPS) is 11.3. The van der Waals surface area contributed by atoms with E-state index in [-0.39, 0.29) is 11.3 Å². The minimum Gasteiger partial charge on any atom is -0.508 e. The molecular formula is C24H22N4O2. The predicted molar refractivity (Wildman–Crippen MR) is 121 cm³/mol. The van der Waals surface area contributed by atoms with Crippen LogP contribution in [0.15, 0.2) is 71.8 Å². The maximum atomic E-state index is 13.2. The first-order chi connectivity index (χ1) is 14.5. The van der Waals surface area contributed by atoms with Crippen molar-refractivity contribution in [1.29, 1.82) is 0 Å². The minimum absolute atomic E-state index is 0.110. The smallest absolute Gasteiger partial charge is 0.277 e. The second kappa shape index (κ2) is 8.21. The largest absolute Gasteiger partial charge is 0.508 e. The van der Waals surface area contributed by atoms with Gasteiger partial charge in [-0.2, -0.15) is 0 Å². The van der Waals surface area contributed by atoms with Crippen LogP contribution < -0.4 is 10.5 Å². The fraction of sp³-hybridized carbons (Fsp3) is 0.125. The number of phenols is 1. The monoisotopic (exact) mass is 398 g/mol. The van der Waals surface area contributed by atoms with Crippen LogP contribution in [0, 0.1) is 0 Å². The summed E-state index contributed by atoms with van der Waals surface area (Å²) in [4.78, 5) is 23.8. The Balaban J connectivity index is 1.77. The van der Waals surface area contributed by atoms with Crippen molar-refractivity contribution in [2.24, 2.45) is 0 Å². The van der Waals surface area contributed by atoms with Crippen molar-refractivity contribution in [3.05, 3.63) is 94.2 Å². The second-order valence-corrected chi connectivity index (χ2v) is 7.24. The molecule has 2 aromatic carbocycles. The topological polar surface area (TPSA) is 71.2 Å². The zero-order chi connectivity index (χ0) is 21.1. The lowest BCUT2D eigenvalue weighted by atomic mass is 10.1. The van der Waals surface area contributed by atoms with Gasteiger partial charge in [-0.3, -0.25) is 9.78 Å². The molecule has 6 nitrogen and oxygen atoms in total. The SMILES string of the molecule is CN(C)c1ccc(/C=C/c2nc3cc(O)ccc3n(Cc3ccncc3)c2=O)cc1. The van der Waals surface area contributed by atoms with Crippen LogP contribution in [0.25, 0.3) is 23.2 Å². The summed E-state index contributed by atoms with van der Waals surface area (Å²) in [5.74, 6) is 0.110. The Morgan fingerprint density at radius 1 is 1.00 bits per heavy atom. The zero-order valence-corrected chi connectivity index (χ0v) is 16.9. The lowest BCUT2D eigenvalue weighted by molar-refractivity contribution is 0.476. The molecule has 4 rings (SSSR count). The van der Waals surface area contributed by atoms with Gasteiger partial charge in [0.1, 0.15) is 11.4 Å². The van der Waals surface area contributed by atoms with E-state index in [1.54, 1.807) is 41.2 Å². The van der Waals surface area contributed by atoms with Gasteiger partial charge in [-0.25, -0.2) is 4.98 Å². The Bertz CT molecular complexity index is 1260. The van der Waals surface area contributed by atoms with Gasteiger partial charge in [-0.15, -0.1) is 0 Å². The van der Waals surface area contributed by atoms with Gasteiger partial charge in [0.2, 0.25) is 0 Å². The second-order valence-electron chi connectivity index (χ2n) is 7.24. The Morgan fingerprint density at radius 2 is 1.73 bits per heavy atom. The van der Waals surface area contributed by atoms with E-state index in [4.69, 9.17) is 0 Å². The molecule has 0 amide bonds. The first-order valence-corrected chi connectivity index (χ1v) is 9.59. The van der Waals surface area contributed by atoms with E-state index in [0.717, 1.165) is 16.8 Å². The number of benzene rings is 2. The molecule has 4 aromatic rings. The highest BCUT2D eigenvalue weighted by Crippen LogP contribution is 2.19. The number of phenolic OH excluding ortho intramolecular Hbond substituents is 1. The Labute approximate surface area is 174 Å². The molecule has 0 aliphatic rings. The highest BCUT2D eigenvalue weighted by atomic mass is 16.3. The number of hydrogen-bond donors (Lipinski definition) is 1. The van der Waals surface area contributed by atoms with Gasteiger partial charge in [-0.05, 0) is 53.6 Å². The van der Waals surface area contributed by atoms with Crippen LogP contribution in [-0.2, 0) is 6.54 Å². The maximum Gasteiger partial charge on any atom is 0.277 e. The Hall–Kier alpha value is -3.93. The summed E-state index contributed by atoms with van der Waals surface area (Å²) in [5.41, 5.74) is 4.39. The number of fused-ring (bicyclic) bond motifs is 1. The zero-order valence-electron chi connectivity index (χ0n) is 16.9. The number of anilines is 1. The van der Waals surface area contributed by atoms with Crippen molar-refractivity contribution >= 4 is 28.9 Å². The first-order valence-electron chi connectivity index (χ1n) is 9.59. The Morgan fingerprint density at radius 3 is 2.43 bits per heavy atom. The van der Waals surface area contributed by atoms with E-state index in [1.807, 2.05) is 61.5 Å². The van der Waals surface area contributed by atoms with E-state index in [2.05, 4.69) is 9.97 Å². The third kappa shape index (κ3) is 4.07. The van der Waals surface area contributed by atoms with E-state index in [9.17, 15) is 9.90 Å². The molecule has 2 heterocycles. The van der Waals surface area contributed by atoms with E-state index in [1.165, 1.54) is 0 Å². The average Bonchev–Trinajstić information content (AvgIpc) is 2.75. The summed E-state index contributed by atoms with van der Waals surface area (Å²) in [6, 6.07) is 16.6. The summed E-state index contributed by atoms with van der Waals surface area (Å²) in [5, 5.41) is 9.89. The number of aromatic nitrogens is 3. The molecular weight excluding hydrogens is 376 g/mol. The molecule has 0 radical (unpaired) electrons. The fourth-order valence-corrected chi connectivity index (χ4v) is 3.25. The molecule has 0 saturated carbocycles. The maximum absolute atomic E-state index is 13.2. The van der Waals surface area contributed by atoms with Gasteiger partial charge in [-0.1, -0.05) is 18.2 Å². The van der Waals surface area contributed by atoms with Gasteiger partial charge in [0.05, 0.1) is 17.6 Å². The molecule has 0 aliphatic heterocycles. The summed E-state index contributed by atoms with van der Waals surface area (Å²) in [7, 11) is 3.98. The van der Waals surface area contributed by atoms with Crippen LogP contribution in [0.1, 0.15) is 16.8 Å². The molecule has 2 aromatic heterocycles. The van der Waals surface area contributed by atoms with Gasteiger partial charge in [0.15, 0.2) is 0 Å². The highest BCUT2D eigenvalue weighted by molar-refractivity contribution is 5.79. The van der Waals surface area contributed by atoms with Crippen LogP contribution in [0.2, 0.25) is 0 Å². The molecule has 0 aliphatic carbocycles. The molecule has 0 bridgehead atoms. The first kappa shape index (κ1) is 19.4. The van der Waals surface area contributed by atoms with Crippen LogP contribution in [-0.4, -0.2) is 33.7 Å². The molecule has 30 heavy (non-hydrogen) atoms. The molecule has 0 atom stereocenters. The summed E-state index contributed by atoms with van der Waals surface area (Å²) in [6.45, 7) is 0.392. The van der Waals surface area contributed by atoms with Crippen molar-refractivity contribution in [3.8, 4) is 5.75 Å². The summed E-state index contributed by atoms with van der Waals surface area (Å²) >= 11 is 0. The van der Waals surface area contributed by atoms with Gasteiger partial charge < -0.3 is 14.6 Å². The molecule has 6 heteroatoms. The lowest BCUT2D eigenvalue weighted by Gasteiger charge is -2.12. The van der Waals surface area contributed by atoms with E-state index < -0.39 is 0 Å².